The molecule has 0 aliphatic rings. The molecule has 0 unspecified atom stereocenters. The van der Waals surface area contributed by atoms with Crippen molar-refractivity contribution in [3.8, 4) is 5.75 Å². The summed E-state index contributed by atoms with van der Waals surface area (Å²) in [4.78, 5) is 11.7. The molecule has 1 rings (SSSR count). The van der Waals surface area contributed by atoms with E-state index in [9.17, 15) is 13.6 Å². The van der Waals surface area contributed by atoms with Crippen molar-refractivity contribution >= 4 is 34.3 Å². The van der Waals surface area contributed by atoms with Gasteiger partial charge in [-0.15, -0.1) is 12.6 Å². The van der Waals surface area contributed by atoms with Gasteiger partial charge in [-0.3, -0.25) is 4.79 Å². The Labute approximate surface area is 106 Å². The molecule has 0 N–H and O–H groups in total. The van der Waals surface area contributed by atoms with E-state index in [2.05, 4.69) is 33.3 Å². The van der Waals surface area contributed by atoms with E-state index in [1.165, 1.54) is 6.07 Å². The highest BCUT2D eigenvalue weighted by molar-refractivity contribution is 9.09. The van der Waals surface area contributed by atoms with Crippen molar-refractivity contribution in [2.45, 2.75) is 17.9 Å². The Hall–Kier alpha value is -0.620. The van der Waals surface area contributed by atoms with Gasteiger partial charge in [0.1, 0.15) is 11.5 Å². The fourth-order valence-corrected chi connectivity index (χ4v) is 1.54. The number of rotatable bonds is 5. The Balaban J connectivity index is 2.93. The molecule has 2 nitrogen and oxygen atoms in total. The summed E-state index contributed by atoms with van der Waals surface area (Å²) < 4.78 is 28.5. The Bertz CT molecular complexity index is 385. The van der Waals surface area contributed by atoms with Crippen molar-refractivity contribution in [3.63, 3.8) is 0 Å². The van der Waals surface area contributed by atoms with Gasteiger partial charge in [0.15, 0.2) is 0 Å². The molecule has 0 fully saturated rings. The van der Waals surface area contributed by atoms with Crippen molar-refractivity contribution in [3.05, 3.63) is 23.8 Å². The summed E-state index contributed by atoms with van der Waals surface area (Å²) in [6, 6.07) is 4.55. The predicted molar refractivity (Wildman–Crippen MR) is 62.8 cm³/mol. The summed E-state index contributed by atoms with van der Waals surface area (Å²) in [6.45, 7) is -2.91. The Morgan fingerprint density at radius 3 is 2.75 bits per heavy atom. The number of benzene rings is 1. The molecule has 1 aromatic carbocycles. The molecule has 0 bridgehead atoms. The maximum Gasteiger partial charge on any atom is 0.387 e. The molecular weight excluding hydrogens is 302 g/mol. The van der Waals surface area contributed by atoms with Gasteiger partial charge in [-0.05, 0) is 12.1 Å². The van der Waals surface area contributed by atoms with E-state index < -0.39 is 6.61 Å². The normalized spacial score (nSPS) is 10.6. The average molecular weight is 311 g/mol. The molecule has 0 atom stereocenters. The molecule has 1 aromatic rings. The highest BCUT2D eigenvalue weighted by atomic mass is 79.9. The second-order valence-electron chi connectivity index (χ2n) is 3.02. The maximum atomic E-state index is 12.1. The van der Waals surface area contributed by atoms with Gasteiger partial charge >= 0.3 is 6.61 Å². The topological polar surface area (TPSA) is 26.3 Å². The van der Waals surface area contributed by atoms with Crippen LogP contribution in [0.25, 0.3) is 0 Å². The third kappa shape index (κ3) is 4.09. The van der Waals surface area contributed by atoms with Crippen LogP contribution in [0.4, 0.5) is 8.78 Å². The number of hydrogen-bond donors (Lipinski definition) is 1. The summed E-state index contributed by atoms with van der Waals surface area (Å²) in [7, 11) is 0. The second-order valence-corrected chi connectivity index (χ2v) is 4.10. The highest BCUT2D eigenvalue weighted by Crippen LogP contribution is 2.25. The largest absolute Gasteiger partial charge is 0.434 e. The predicted octanol–water partition coefficient (Wildman–Crippen LogP) is 3.08. The van der Waals surface area contributed by atoms with Gasteiger partial charge in [-0.1, -0.05) is 22.0 Å². The van der Waals surface area contributed by atoms with E-state index in [4.69, 9.17) is 0 Å². The van der Waals surface area contributed by atoms with Crippen molar-refractivity contribution in [1.29, 1.82) is 0 Å². The first kappa shape index (κ1) is 13.4. The van der Waals surface area contributed by atoms with Crippen LogP contribution >= 0.6 is 28.6 Å². The number of Topliss-reactive ketones (excluding diaryl/α,β-unsaturated/α-hetero) is 1. The lowest BCUT2D eigenvalue weighted by Crippen LogP contribution is -2.08. The van der Waals surface area contributed by atoms with E-state index >= 15 is 0 Å². The number of halogens is 3. The monoisotopic (exact) mass is 310 g/mol. The minimum Gasteiger partial charge on any atom is -0.434 e. The van der Waals surface area contributed by atoms with Crippen LogP contribution in [0.2, 0.25) is 0 Å². The summed E-state index contributed by atoms with van der Waals surface area (Å²) >= 11 is 7.03. The van der Waals surface area contributed by atoms with Gasteiger partial charge in [-0.25, -0.2) is 0 Å². The van der Waals surface area contributed by atoms with Gasteiger partial charge in [0.25, 0.3) is 0 Å². The summed E-state index contributed by atoms with van der Waals surface area (Å²) in [5.41, 5.74) is 0.433. The standard InChI is InChI=1S/C10H9BrF2O2S/c11-5-7(14)3-6-1-2-8(16)4-9(6)15-10(12)13/h1-2,4,10,16H,3,5H2. The van der Waals surface area contributed by atoms with Crippen LogP contribution in [0, 0.1) is 0 Å². The zero-order valence-electron chi connectivity index (χ0n) is 8.12. The maximum absolute atomic E-state index is 12.1. The average Bonchev–Trinajstić information content (AvgIpc) is 2.21. The summed E-state index contributed by atoms with van der Waals surface area (Å²) in [5, 5.41) is 0.184. The molecule has 0 aliphatic heterocycles. The van der Waals surface area contributed by atoms with Gasteiger partial charge in [0.2, 0.25) is 0 Å². The second kappa shape index (κ2) is 6.20. The lowest BCUT2D eigenvalue weighted by atomic mass is 10.1. The van der Waals surface area contributed by atoms with Crippen molar-refractivity contribution in [2.75, 3.05) is 5.33 Å². The third-order valence-corrected chi connectivity index (χ3v) is 2.71. The van der Waals surface area contributed by atoms with Crippen LogP contribution in [0.1, 0.15) is 5.56 Å². The quantitative estimate of drug-likeness (QED) is 0.668. The molecule has 0 heterocycles. The van der Waals surface area contributed by atoms with E-state index in [1.54, 1.807) is 12.1 Å². The van der Waals surface area contributed by atoms with Crippen LogP contribution < -0.4 is 4.74 Å². The van der Waals surface area contributed by atoms with Crippen LogP contribution in [-0.4, -0.2) is 17.7 Å². The van der Waals surface area contributed by atoms with E-state index in [1.807, 2.05) is 0 Å². The number of alkyl halides is 3. The molecule has 0 amide bonds. The minimum absolute atomic E-state index is 0.00296. The molecule has 0 radical (unpaired) electrons. The van der Waals surface area contributed by atoms with Crippen LogP contribution in [0.15, 0.2) is 23.1 Å². The molecule has 88 valence electrons. The molecule has 16 heavy (non-hydrogen) atoms. The highest BCUT2D eigenvalue weighted by Gasteiger charge is 2.12. The van der Waals surface area contributed by atoms with Crippen molar-refractivity contribution in [1.82, 2.24) is 0 Å². The Morgan fingerprint density at radius 1 is 1.50 bits per heavy atom. The van der Waals surface area contributed by atoms with Crippen LogP contribution in [0.5, 0.6) is 5.75 Å². The third-order valence-electron chi connectivity index (χ3n) is 1.80. The smallest absolute Gasteiger partial charge is 0.387 e. The molecule has 0 saturated carbocycles. The van der Waals surface area contributed by atoms with E-state index in [-0.39, 0.29) is 23.3 Å². The van der Waals surface area contributed by atoms with E-state index in [0.29, 0.717) is 10.5 Å². The SMILES string of the molecule is O=C(CBr)Cc1ccc(S)cc1OC(F)F. The fourth-order valence-electron chi connectivity index (χ4n) is 1.15. The Morgan fingerprint density at radius 2 is 2.19 bits per heavy atom. The van der Waals surface area contributed by atoms with Crippen molar-refractivity contribution < 1.29 is 18.3 Å². The molecule has 0 aliphatic carbocycles. The number of thiol groups is 1. The number of carbonyl (C=O) groups excluding carboxylic acids is 1. The number of carbonyl (C=O) groups is 1. The molecule has 0 saturated heterocycles. The first-order valence-corrected chi connectivity index (χ1v) is 5.94. The van der Waals surface area contributed by atoms with Crippen molar-refractivity contribution in [2.24, 2.45) is 0 Å². The van der Waals surface area contributed by atoms with Gasteiger partial charge in [0, 0.05) is 16.9 Å². The number of ether oxygens (including phenoxy) is 1. The van der Waals surface area contributed by atoms with Crippen LogP contribution in [-0.2, 0) is 11.2 Å². The summed E-state index contributed by atoms with van der Waals surface area (Å²) in [5.74, 6) is -0.108. The molecule has 0 aromatic heterocycles. The molecule has 0 spiro atoms. The van der Waals surface area contributed by atoms with Gasteiger partial charge < -0.3 is 4.74 Å². The number of ketones is 1. The summed E-state index contributed by atoms with van der Waals surface area (Å²) in [6.07, 6.45) is 0.0569. The van der Waals surface area contributed by atoms with Crippen LogP contribution in [0.3, 0.4) is 0 Å². The Kier molecular flexibility index (Phi) is 5.21. The lowest BCUT2D eigenvalue weighted by molar-refractivity contribution is -0.116. The van der Waals surface area contributed by atoms with Gasteiger partial charge in [-0.2, -0.15) is 8.78 Å². The number of hydrogen-bond acceptors (Lipinski definition) is 3. The zero-order valence-corrected chi connectivity index (χ0v) is 10.6. The lowest BCUT2D eigenvalue weighted by Gasteiger charge is -2.10. The first-order valence-electron chi connectivity index (χ1n) is 4.37. The van der Waals surface area contributed by atoms with E-state index in [0.717, 1.165) is 0 Å². The van der Waals surface area contributed by atoms with Gasteiger partial charge in [0.05, 0.1) is 5.33 Å². The zero-order chi connectivity index (χ0) is 12.1. The first-order chi connectivity index (χ1) is 7.52. The molecule has 6 heteroatoms. The molecular formula is C10H9BrF2O2S. The fraction of sp³-hybridized carbons (Fsp3) is 0.300. The minimum atomic E-state index is -2.91.